The molecule has 6 heteroatoms. The molecule has 2 rings (SSSR count). The Bertz CT molecular complexity index is 447. The van der Waals surface area contributed by atoms with Crippen LogP contribution < -0.4 is 4.31 Å². The quantitative estimate of drug-likeness (QED) is 0.563. The SMILES string of the molecule is CS(=O)N1CCc2cccc([N+](=O)[O-])c21. The van der Waals surface area contributed by atoms with Gasteiger partial charge in [-0.1, -0.05) is 12.1 Å². The van der Waals surface area contributed by atoms with Crippen LogP contribution in [0.1, 0.15) is 5.56 Å². The van der Waals surface area contributed by atoms with Crippen molar-refractivity contribution < 1.29 is 9.13 Å². The standard InChI is InChI=1S/C9H10N2O3S/c1-15(14)10-6-5-7-3-2-4-8(9(7)10)11(12)13/h2-4H,5-6H2,1H3. The third-order valence-electron chi connectivity index (χ3n) is 2.44. The lowest BCUT2D eigenvalue weighted by Gasteiger charge is -2.14. The molecule has 0 saturated carbocycles. The molecule has 1 heterocycles. The van der Waals surface area contributed by atoms with Crippen molar-refractivity contribution in [3.63, 3.8) is 0 Å². The zero-order valence-electron chi connectivity index (χ0n) is 8.17. The Morgan fingerprint density at radius 2 is 2.27 bits per heavy atom. The van der Waals surface area contributed by atoms with Gasteiger partial charge in [-0.15, -0.1) is 0 Å². The first kappa shape index (κ1) is 10.1. The van der Waals surface area contributed by atoms with Gasteiger partial charge in [0.25, 0.3) is 5.69 Å². The summed E-state index contributed by atoms with van der Waals surface area (Å²) in [6.45, 7) is 0.587. The van der Waals surface area contributed by atoms with Crippen LogP contribution in [0.4, 0.5) is 11.4 Å². The number of rotatable bonds is 2. The molecule has 0 saturated heterocycles. The van der Waals surface area contributed by atoms with E-state index in [1.807, 2.05) is 6.07 Å². The molecule has 1 unspecified atom stereocenters. The van der Waals surface area contributed by atoms with Crippen LogP contribution in [-0.2, 0) is 17.4 Å². The monoisotopic (exact) mass is 226 g/mol. The Hall–Kier alpha value is -1.43. The second-order valence-electron chi connectivity index (χ2n) is 3.32. The van der Waals surface area contributed by atoms with Crippen LogP contribution in [0.5, 0.6) is 0 Å². The number of anilines is 1. The molecular formula is C9H10N2O3S. The van der Waals surface area contributed by atoms with Gasteiger partial charge >= 0.3 is 0 Å². The summed E-state index contributed by atoms with van der Waals surface area (Å²) in [5.41, 5.74) is 1.46. The Balaban J connectivity index is 2.58. The highest BCUT2D eigenvalue weighted by molar-refractivity contribution is 7.85. The third kappa shape index (κ3) is 1.61. The first-order chi connectivity index (χ1) is 7.11. The fourth-order valence-electron chi connectivity index (χ4n) is 1.81. The van der Waals surface area contributed by atoms with E-state index < -0.39 is 15.9 Å². The van der Waals surface area contributed by atoms with E-state index in [4.69, 9.17) is 0 Å². The van der Waals surface area contributed by atoms with Gasteiger partial charge in [0, 0.05) is 18.9 Å². The number of hydrogen-bond acceptors (Lipinski definition) is 3. The Morgan fingerprint density at radius 3 is 2.87 bits per heavy atom. The summed E-state index contributed by atoms with van der Waals surface area (Å²) >= 11 is 0. The van der Waals surface area contributed by atoms with Crippen LogP contribution in [-0.4, -0.2) is 21.9 Å². The molecule has 0 spiro atoms. The second-order valence-corrected chi connectivity index (χ2v) is 4.61. The first-order valence-corrected chi connectivity index (χ1v) is 6.00. The summed E-state index contributed by atoms with van der Waals surface area (Å²) in [4.78, 5) is 10.4. The van der Waals surface area contributed by atoms with Crippen LogP contribution in [0, 0.1) is 10.1 Å². The molecule has 1 aromatic rings. The molecule has 1 aliphatic rings. The minimum Gasteiger partial charge on any atom is -0.285 e. The average molecular weight is 226 g/mol. The number of nitrogens with zero attached hydrogens (tertiary/aromatic N) is 2. The number of nitro benzene ring substituents is 1. The molecule has 0 radical (unpaired) electrons. The van der Waals surface area contributed by atoms with E-state index in [2.05, 4.69) is 0 Å². The summed E-state index contributed by atoms with van der Waals surface area (Å²) in [6, 6.07) is 4.96. The van der Waals surface area contributed by atoms with Gasteiger partial charge in [0.2, 0.25) is 0 Å². The highest BCUT2D eigenvalue weighted by atomic mass is 32.2. The van der Waals surface area contributed by atoms with E-state index in [0.29, 0.717) is 12.2 Å². The Labute approximate surface area is 89.4 Å². The molecule has 0 aliphatic carbocycles. The highest BCUT2D eigenvalue weighted by Crippen LogP contribution is 2.37. The maximum absolute atomic E-state index is 11.4. The number of hydrogen-bond donors (Lipinski definition) is 0. The highest BCUT2D eigenvalue weighted by Gasteiger charge is 2.29. The average Bonchev–Trinajstić information content (AvgIpc) is 2.60. The summed E-state index contributed by atoms with van der Waals surface area (Å²) in [5.74, 6) is 0. The van der Waals surface area contributed by atoms with E-state index >= 15 is 0 Å². The maximum atomic E-state index is 11.4. The first-order valence-electron chi connectivity index (χ1n) is 4.48. The van der Waals surface area contributed by atoms with Crippen molar-refractivity contribution in [3.05, 3.63) is 33.9 Å². The molecule has 0 bridgehead atoms. The van der Waals surface area contributed by atoms with Crippen LogP contribution in [0.2, 0.25) is 0 Å². The van der Waals surface area contributed by atoms with Crippen LogP contribution in [0.3, 0.4) is 0 Å². The Morgan fingerprint density at radius 1 is 1.53 bits per heavy atom. The molecule has 1 atom stereocenters. The van der Waals surface area contributed by atoms with E-state index in [1.165, 1.54) is 12.3 Å². The molecule has 0 amide bonds. The van der Waals surface area contributed by atoms with Crippen molar-refractivity contribution in [3.8, 4) is 0 Å². The van der Waals surface area contributed by atoms with Crippen molar-refractivity contribution in [1.29, 1.82) is 0 Å². The number of benzene rings is 1. The van der Waals surface area contributed by atoms with Crippen molar-refractivity contribution >= 4 is 22.4 Å². The number of para-hydroxylation sites is 1. The van der Waals surface area contributed by atoms with E-state index in [1.54, 1.807) is 10.4 Å². The van der Waals surface area contributed by atoms with Gasteiger partial charge in [-0.25, -0.2) is 4.21 Å². The molecule has 0 fully saturated rings. The molecular weight excluding hydrogens is 216 g/mol. The zero-order chi connectivity index (χ0) is 11.0. The number of fused-ring (bicyclic) bond motifs is 1. The normalized spacial score (nSPS) is 16.2. The molecule has 1 aromatic carbocycles. The molecule has 15 heavy (non-hydrogen) atoms. The van der Waals surface area contributed by atoms with Gasteiger partial charge in [-0.05, 0) is 12.0 Å². The van der Waals surface area contributed by atoms with Gasteiger partial charge < -0.3 is 0 Å². The largest absolute Gasteiger partial charge is 0.293 e. The van der Waals surface area contributed by atoms with E-state index in [9.17, 15) is 14.3 Å². The van der Waals surface area contributed by atoms with Gasteiger partial charge in [-0.3, -0.25) is 14.4 Å². The van der Waals surface area contributed by atoms with Crippen LogP contribution >= 0.6 is 0 Å². The summed E-state index contributed by atoms with van der Waals surface area (Å²) < 4.78 is 13.0. The topological polar surface area (TPSA) is 63.5 Å². The molecule has 80 valence electrons. The fourth-order valence-corrected chi connectivity index (χ4v) is 2.62. The summed E-state index contributed by atoms with van der Waals surface area (Å²) in [5, 5.41) is 10.8. The third-order valence-corrected chi connectivity index (χ3v) is 3.42. The van der Waals surface area contributed by atoms with Crippen LogP contribution in [0.25, 0.3) is 0 Å². The molecule has 0 N–H and O–H groups in total. The van der Waals surface area contributed by atoms with Gasteiger partial charge in [-0.2, -0.15) is 0 Å². The molecule has 5 nitrogen and oxygen atoms in total. The Kier molecular flexibility index (Phi) is 2.44. The van der Waals surface area contributed by atoms with Crippen LogP contribution in [0.15, 0.2) is 18.2 Å². The predicted molar refractivity (Wildman–Crippen MR) is 58.2 cm³/mol. The van der Waals surface area contributed by atoms with Crippen molar-refractivity contribution in [2.24, 2.45) is 0 Å². The van der Waals surface area contributed by atoms with Gasteiger partial charge in [0.15, 0.2) is 0 Å². The minimum atomic E-state index is -1.20. The fraction of sp³-hybridized carbons (Fsp3) is 0.333. The summed E-state index contributed by atoms with van der Waals surface area (Å²) in [7, 11) is -1.20. The second kappa shape index (κ2) is 3.62. The smallest absolute Gasteiger partial charge is 0.285 e. The van der Waals surface area contributed by atoms with Gasteiger partial charge in [0.1, 0.15) is 16.7 Å². The lowest BCUT2D eigenvalue weighted by molar-refractivity contribution is -0.384. The van der Waals surface area contributed by atoms with E-state index in [-0.39, 0.29) is 5.69 Å². The lowest BCUT2D eigenvalue weighted by atomic mass is 10.1. The molecule has 0 aromatic heterocycles. The predicted octanol–water partition coefficient (Wildman–Crippen LogP) is 1.25. The molecule has 1 aliphatic heterocycles. The van der Waals surface area contributed by atoms with E-state index in [0.717, 1.165) is 12.0 Å². The van der Waals surface area contributed by atoms with Gasteiger partial charge in [0.05, 0.1) is 4.92 Å². The maximum Gasteiger partial charge on any atom is 0.293 e. The zero-order valence-corrected chi connectivity index (χ0v) is 8.99. The van der Waals surface area contributed by atoms with Crippen molar-refractivity contribution in [2.75, 3.05) is 17.1 Å². The summed E-state index contributed by atoms with van der Waals surface area (Å²) in [6.07, 6.45) is 2.25. The van der Waals surface area contributed by atoms with Crippen molar-refractivity contribution in [1.82, 2.24) is 0 Å². The number of nitro groups is 1. The minimum absolute atomic E-state index is 0.0419. The van der Waals surface area contributed by atoms with Crippen molar-refractivity contribution in [2.45, 2.75) is 6.42 Å². The lowest BCUT2D eigenvalue weighted by Crippen LogP contribution is -2.22.